The summed E-state index contributed by atoms with van der Waals surface area (Å²) in [7, 11) is 1.82. The molecule has 3 aliphatic rings. The molecule has 1 aromatic rings. The van der Waals surface area contributed by atoms with Crippen LogP contribution in [0.3, 0.4) is 0 Å². The van der Waals surface area contributed by atoms with Gasteiger partial charge in [0.15, 0.2) is 17.5 Å². The van der Waals surface area contributed by atoms with Crippen molar-refractivity contribution in [2.45, 2.75) is 62.9 Å². The van der Waals surface area contributed by atoms with Crippen LogP contribution < -0.4 is 20.1 Å². The Bertz CT molecular complexity index is 734. The highest BCUT2D eigenvalue weighted by Crippen LogP contribution is 2.40. The molecule has 2 aliphatic heterocycles. The van der Waals surface area contributed by atoms with E-state index < -0.39 is 0 Å². The van der Waals surface area contributed by atoms with E-state index in [2.05, 4.69) is 27.8 Å². The van der Waals surface area contributed by atoms with Gasteiger partial charge in [0.25, 0.3) is 0 Å². The maximum Gasteiger partial charge on any atom is 0.231 e. The van der Waals surface area contributed by atoms with Crippen LogP contribution in [0.4, 0.5) is 0 Å². The second kappa shape index (κ2) is 12.8. The molecular weight excluding hydrogens is 521 g/mol. The molecule has 0 unspecified atom stereocenters. The lowest BCUT2D eigenvalue weighted by atomic mass is 9.74. The van der Waals surface area contributed by atoms with Gasteiger partial charge in [-0.05, 0) is 49.8 Å². The summed E-state index contributed by atoms with van der Waals surface area (Å²) in [4.78, 5) is 4.42. The second-order valence-electron chi connectivity index (χ2n) is 8.80. The number of nitrogens with one attached hydrogen (secondary N) is 2. The summed E-state index contributed by atoms with van der Waals surface area (Å²) < 4.78 is 22.8. The number of aliphatic imine (C=N–C) groups is 1. The number of hydrogen-bond donors (Lipinski definition) is 2. The second-order valence-corrected chi connectivity index (χ2v) is 8.80. The fourth-order valence-electron chi connectivity index (χ4n) is 4.79. The number of benzene rings is 1. The van der Waals surface area contributed by atoms with Crippen LogP contribution in [-0.4, -0.2) is 58.8 Å². The van der Waals surface area contributed by atoms with Crippen molar-refractivity contribution < 1.29 is 18.9 Å². The van der Waals surface area contributed by atoms with E-state index in [0.717, 1.165) is 69.6 Å². The number of rotatable bonds is 8. The smallest absolute Gasteiger partial charge is 0.231 e. The Kier molecular flexibility index (Phi) is 10.2. The lowest BCUT2D eigenvalue weighted by Crippen LogP contribution is -2.48. The van der Waals surface area contributed by atoms with Gasteiger partial charge in [0.2, 0.25) is 6.79 Å². The summed E-state index contributed by atoms with van der Waals surface area (Å²) in [6.07, 6.45) is 9.83. The Hall–Kier alpha value is -1.26. The average molecular weight is 559 g/mol. The van der Waals surface area contributed by atoms with Gasteiger partial charge in [0, 0.05) is 45.4 Å². The monoisotopic (exact) mass is 559 g/mol. The van der Waals surface area contributed by atoms with E-state index in [4.69, 9.17) is 18.9 Å². The van der Waals surface area contributed by atoms with E-state index in [1.54, 1.807) is 0 Å². The minimum Gasteiger partial charge on any atom is -0.454 e. The summed E-state index contributed by atoms with van der Waals surface area (Å²) in [6, 6.07) is 6.32. The summed E-state index contributed by atoms with van der Waals surface area (Å²) in [5.74, 6) is 2.50. The van der Waals surface area contributed by atoms with E-state index in [0.29, 0.717) is 12.9 Å². The Labute approximate surface area is 209 Å². The van der Waals surface area contributed by atoms with Crippen molar-refractivity contribution in [2.24, 2.45) is 4.99 Å². The van der Waals surface area contributed by atoms with Crippen LogP contribution in [-0.2, 0) is 14.9 Å². The Morgan fingerprint density at radius 3 is 2.66 bits per heavy atom. The van der Waals surface area contributed by atoms with Crippen molar-refractivity contribution in [1.29, 1.82) is 0 Å². The van der Waals surface area contributed by atoms with Gasteiger partial charge in [-0.25, -0.2) is 0 Å². The zero-order valence-corrected chi connectivity index (χ0v) is 21.5. The Morgan fingerprint density at radius 2 is 1.88 bits per heavy atom. The predicted molar refractivity (Wildman–Crippen MR) is 137 cm³/mol. The fourth-order valence-corrected chi connectivity index (χ4v) is 4.79. The van der Waals surface area contributed by atoms with Crippen molar-refractivity contribution >= 4 is 29.9 Å². The quantitative estimate of drug-likeness (QED) is 0.217. The molecule has 2 fully saturated rings. The van der Waals surface area contributed by atoms with Crippen LogP contribution in [0, 0.1) is 0 Å². The zero-order valence-electron chi connectivity index (χ0n) is 19.2. The molecule has 0 radical (unpaired) electrons. The van der Waals surface area contributed by atoms with E-state index in [-0.39, 0.29) is 29.4 Å². The number of halogens is 1. The number of guanidine groups is 1. The molecular formula is C24H38IN3O4. The average Bonchev–Trinajstić information content (AvgIpc) is 3.30. The van der Waals surface area contributed by atoms with E-state index >= 15 is 0 Å². The molecule has 2 N–H and O–H groups in total. The highest BCUT2D eigenvalue weighted by Gasteiger charge is 2.35. The lowest BCUT2D eigenvalue weighted by Gasteiger charge is -2.38. The van der Waals surface area contributed by atoms with E-state index in [9.17, 15) is 0 Å². The van der Waals surface area contributed by atoms with Crippen molar-refractivity contribution in [3.8, 4) is 11.5 Å². The Morgan fingerprint density at radius 1 is 1.09 bits per heavy atom. The minimum atomic E-state index is -0.0130. The number of ether oxygens (including phenoxy) is 4. The van der Waals surface area contributed by atoms with Crippen molar-refractivity contribution in [3.63, 3.8) is 0 Å². The van der Waals surface area contributed by atoms with Gasteiger partial charge in [-0.15, -0.1) is 24.0 Å². The molecule has 0 atom stereocenters. The van der Waals surface area contributed by atoms with Gasteiger partial charge < -0.3 is 29.6 Å². The maximum absolute atomic E-state index is 6.03. The maximum atomic E-state index is 6.03. The number of fused-ring (bicyclic) bond motifs is 1. The summed E-state index contributed by atoms with van der Waals surface area (Å²) in [5, 5.41) is 7.00. The summed E-state index contributed by atoms with van der Waals surface area (Å²) in [5.41, 5.74) is 1.25. The molecule has 0 bridgehead atoms. The lowest BCUT2D eigenvalue weighted by molar-refractivity contribution is 0.0276. The number of hydrogen-bond acceptors (Lipinski definition) is 5. The number of nitrogens with zero attached hydrogens (tertiary/aromatic N) is 1. The molecule has 0 amide bonds. The first-order valence-electron chi connectivity index (χ1n) is 11.8. The Balaban J connectivity index is 0.00000289. The molecule has 180 valence electrons. The van der Waals surface area contributed by atoms with E-state index in [1.165, 1.54) is 37.7 Å². The third-order valence-electron chi connectivity index (χ3n) is 6.77. The van der Waals surface area contributed by atoms with Gasteiger partial charge in [-0.1, -0.05) is 25.3 Å². The normalized spacial score (nSPS) is 20.5. The molecule has 1 aliphatic carbocycles. The SMILES string of the molecule is CN=C(NCCCOC1CCCCC1)NCC1(c2ccc3c(c2)OCO3)CCOCC1.I. The van der Waals surface area contributed by atoms with Gasteiger partial charge >= 0.3 is 0 Å². The molecule has 1 aromatic carbocycles. The van der Waals surface area contributed by atoms with Crippen LogP contribution >= 0.6 is 24.0 Å². The molecule has 8 heteroatoms. The third-order valence-corrected chi connectivity index (χ3v) is 6.77. The molecule has 32 heavy (non-hydrogen) atoms. The fraction of sp³-hybridized carbons (Fsp3) is 0.708. The molecule has 0 spiro atoms. The van der Waals surface area contributed by atoms with Crippen molar-refractivity contribution in [2.75, 3.05) is 46.8 Å². The third kappa shape index (κ3) is 6.63. The predicted octanol–water partition coefficient (Wildman–Crippen LogP) is 3.99. The highest BCUT2D eigenvalue weighted by molar-refractivity contribution is 14.0. The van der Waals surface area contributed by atoms with Gasteiger partial charge in [-0.2, -0.15) is 0 Å². The highest BCUT2D eigenvalue weighted by atomic mass is 127. The van der Waals surface area contributed by atoms with Crippen molar-refractivity contribution in [3.05, 3.63) is 23.8 Å². The largest absolute Gasteiger partial charge is 0.454 e. The molecule has 1 saturated carbocycles. The minimum absolute atomic E-state index is 0. The van der Waals surface area contributed by atoms with Crippen LogP contribution in [0.2, 0.25) is 0 Å². The standard InChI is InChI=1S/C24H37N3O4.HI/c1-25-23(26-12-5-13-29-20-6-3-2-4-7-20)27-17-24(10-14-28-15-11-24)19-8-9-21-22(16-19)31-18-30-21;/h8-9,16,20H,2-7,10-15,17-18H2,1H3,(H2,25,26,27);1H. The van der Waals surface area contributed by atoms with Crippen LogP contribution in [0.5, 0.6) is 11.5 Å². The van der Waals surface area contributed by atoms with Gasteiger partial charge in [-0.3, -0.25) is 4.99 Å². The van der Waals surface area contributed by atoms with Gasteiger partial charge in [0.05, 0.1) is 6.10 Å². The molecule has 0 aromatic heterocycles. The van der Waals surface area contributed by atoms with Crippen LogP contribution in [0.1, 0.15) is 56.9 Å². The zero-order chi connectivity index (χ0) is 21.4. The molecule has 1 saturated heterocycles. The van der Waals surface area contributed by atoms with Crippen molar-refractivity contribution in [1.82, 2.24) is 10.6 Å². The molecule has 2 heterocycles. The topological polar surface area (TPSA) is 73.3 Å². The van der Waals surface area contributed by atoms with E-state index in [1.807, 2.05) is 13.1 Å². The first-order chi connectivity index (χ1) is 15.3. The van der Waals surface area contributed by atoms with Crippen LogP contribution in [0.15, 0.2) is 23.2 Å². The summed E-state index contributed by atoms with van der Waals surface area (Å²) in [6.45, 7) is 4.30. The van der Waals surface area contributed by atoms with Crippen LogP contribution in [0.25, 0.3) is 0 Å². The first-order valence-corrected chi connectivity index (χ1v) is 11.8. The molecule has 4 rings (SSSR count). The molecule has 7 nitrogen and oxygen atoms in total. The summed E-state index contributed by atoms with van der Waals surface area (Å²) >= 11 is 0. The van der Waals surface area contributed by atoms with Gasteiger partial charge in [0.1, 0.15) is 0 Å². The first kappa shape index (κ1) is 25.4.